The minimum atomic E-state index is 0.208. The van der Waals surface area contributed by atoms with Crippen LogP contribution < -0.4 is 4.90 Å². The monoisotopic (exact) mass is 242 g/mol. The number of anilines is 1. The van der Waals surface area contributed by atoms with E-state index in [-0.39, 0.29) is 6.04 Å². The number of rotatable bonds is 4. The van der Waals surface area contributed by atoms with Gasteiger partial charge in [-0.15, -0.1) is 0 Å². The second-order valence-electron chi connectivity index (χ2n) is 4.59. The first kappa shape index (κ1) is 14.0. The standard InChI is InChI=1S/C14H18N4/c1-10(2)18(7-5-6-15)14-13(9-16)11(3)8-12(4)17-14/h8,10H,5,7H2,1-4H3. The SMILES string of the molecule is Cc1cc(C)c(C#N)c(N(CCC#N)C(C)C)n1. The Morgan fingerprint density at radius 2 is 2.00 bits per heavy atom. The molecule has 0 amide bonds. The predicted molar refractivity (Wildman–Crippen MR) is 71.1 cm³/mol. The summed E-state index contributed by atoms with van der Waals surface area (Å²) in [4.78, 5) is 6.49. The molecule has 0 bridgehead atoms. The summed E-state index contributed by atoms with van der Waals surface area (Å²) in [6.07, 6.45) is 0.428. The second-order valence-corrected chi connectivity index (χ2v) is 4.59. The van der Waals surface area contributed by atoms with Crippen molar-refractivity contribution in [3.05, 3.63) is 22.9 Å². The van der Waals surface area contributed by atoms with Gasteiger partial charge in [0.1, 0.15) is 11.9 Å². The Kier molecular flexibility index (Phi) is 4.68. The first-order valence-electron chi connectivity index (χ1n) is 6.03. The van der Waals surface area contributed by atoms with Crippen LogP contribution in [0.25, 0.3) is 0 Å². The van der Waals surface area contributed by atoms with E-state index in [2.05, 4.69) is 17.1 Å². The molecule has 1 rings (SSSR count). The maximum atomic E-state index is 9.26. The van der Waals surface area contributed by atoms with E-state index in [0.29, 0.717) is 24.3 Å². The summed E-state index contributed by atoms with van der Waals surface area (Å²) < 4.78 is 0. The van der Waals surface area contributed by atoms with Gasteiger partial charge in [-0.2, -0.15) is 10.5 Å². The summed E-state index contributed by atoms with van der Waals surface area (Å²) in [6, 6.07) is 6.47. The summed E-state index contributed by atoms with van der Waals surface area (Å²) in [5, 5.41) is 18.0. The molecule has 1 aromatic rings. The highest BCUT2D eigenvalue weighted by molar-refractivity contribution is 5.58. The van der Waals surface area contributed by atoms with Gasteiger partial charge < -0.3 is 4.90 Å². The predicted octanol–water partition coefficient (Wildman–Crippen LogP) is 2.70. The van der Waals surface area contributed by atoms with Gasteiger partial charge in [0.05, 0.1) is 18.1 Å². The highest BCUT2D eigenvalue weighted by Gasteiger charge is 2.18. The van der Waals surface area contributed by atoms with Crippen molar-refractivity contribution in [2.45, 2.75) is 40.2 Å². The Bertz CT molecular complexity index is 506. The number of nitriles is 2. The molecule has 0 aromatic carbocycles. The minimum absolute atomic E-state index is 0.208. The van der Waals surface area contributed by atoms with Gasteiger partial charge in [-0.25, -0.2) is 4.98 Å². The van der Waals surface area contributed by atoms with E-state index in [0.717, 1.165) is 11.3 Å². The zero-order valence-electron chi connectivity index (χ0n) is 11.4. The molecule has 0 radical (unpaired) electrons. The minimum Gasteiger partial charge on any atom is -0.352 e. The Morgan fingerprint density at radius 1 is 1.33 bits per heavy atom. The van der Waals surface area contributed by atoms with Crippen LogP contribution in [0.3, 0.4) is 0 Å². The number of pyridine rings is 1. The van der Waals surface area contributed by atoms with E-state index in [1.807, 2.05) is 38.7 Å². The van der Waals surface area contributed by atoms with Gasteiger partial charge >= 0.3 is 0 Å². The van der Waals surface area contributed by atoms with E-state index in [1.54, 1.807) is 0 Å². The Balaban J connectivity index is 3.28. The van der Waals surface area contributed by atoms with Crippen LogP contribution in [0.1, 0.15) is 37.1 Å². The lowest BCUT2D eigenvalue weighted by Gasteiger charge is -2.28. The molecule has 0 atom stereocenters. The van der Waals surface area contributed by atoms with Crippen LogP contribution in [-0.2, 0) is 0 Å². The van der Waals surface area contributed by atoms with Gasteiger partial charge in [0.25, 0.3) is 0 Å². The van der Waals surface area contributed by atoms with Crippen molar-refractivity contribution in [2.75, 3.05) is 11.4 Å². The van der Waals surface area contributed by atoms with Crippen LogP contribution in [0.4, 0.5) is 5.82 Å². The quantitative estimate of drug-likeness (QED) is 0.814. The van der Waals surface area contributed by atoms with Crippen LogP contribution in [-0.4, -0.2) is 17.6 Å². The number of nitrogens with zero attached hydrogens (tertiary/aromatic N) is 4. The summed E-state index contributed by atoms with van der Waals surface area (Å²) in [6.45, 7) is 8.51. The molecular formula is C14H18N4. The third-order valence-electron chi connectivity index (χ3n) is 2.80. The lowest BCUT2D eigenvalue weighted by atomic mass is 10.1. The molecule has 0 aliphatic heterocycles. The van der Waals surface area contributed by atoms with Gasteiger partial charge in [-0.3, -0.25) is 0 Å². The fourth-order valence-electron chi connectivity index (χ4n) is 1.94. The molecule has 0 aliphatic rings. The Labute approximate surface area is 108 Å². The van der Waals surface area contributed by atoms with Gasteiger partial charge in [-0.1, -0.05) is 0 Å². The zero-order chi connectivity index (χ0) is 13.7. The van der Waals surface area contributed by atoms with Crippen LogP contribution >= 0.6 is 0 Å². The molecule has 0 spiro atoms. The number of aromatic nitrogens is 1. The zero-order valence-corrected chi connectivity index (χ0v) is 11.4. The van der Waals surface area contributed by atoms with Crippen LogP contribution in [0, 0.1) is 36.5 Å². The van der Waals surface area contributed by atoms with Crippen LogP contribution in [0.5, 0.6) is 0 Å². The summed E-state index contributed by atoms with van der Waals surface area (Å²) in [7, 11) is 0. The van der Waals surface area contributed by atoms with Crippen molar-refractivity contribution in [1.82, 2.24) is 4.98 Å². The molecule has 1 heterocycles. The fourth-order valence-corrected chi connectivity index (χ4v) is 1.94. The van der Waals surface area contributed by atoms with Crippen LogP contribution in [0.15, 0.2) is 6.07 Å². The topological polar surface area (TPSA) is 63.7 Å². The van der Waals surface area contributed by atoms with E-state index in [9.17, 15) is 5.26 Å². The number of hydrogen-bond acceptors (Lipinski definition) is 4. The Hall–Kier alpha value is -2.07. The summed E-state index contributed by atoms with van der Waals surface area (Å²) in [5.41, 5.74) is 2.43. The van der Waals surface area contributed by atoms with Crippen molar-refractivity contribution in [3.63, 3.8) is 0 Å². The average molecular weight is 242 g/mol. The summed E-state index contributed by atoms with van der Waals surface area (Å²) in [5.74, 6) is 0.695. The van der Waals surface area contributed by atoms with Crippen molar-refractivity contribution < 1.29 is 0 Å². The maximum absolute atomic E-state index is 9.26. The first-order chi connectivity index (χ1) is 8.51. The molecule has 0 aliphatic carbocycles. The van der Waals surface area contributed by atoms with E-state index in [1.165, 1.54) is 0 Å². The smallest absolute Gasteiger partial charge is 0.147 e. The molecule has 4 nitrogen and oxygen atoms in total. The van der Waals surface area contributed by atoms with E-state index >= 15 is 0 Å². The maximum Gasteiger partial charge on any atom is 0.147 e. The van der Waals surface area contributed by atoms with Crippen molar-refractivity contribution in [2.24, 2.45) is 0 Å². The van der Waals surface area contributed by atoms with E-state index in [4.69, 9.17) is 5.26 Å². The van der Waals surface area contributed by atoms with Gasteiger partial charge in [0.2, 0.25) is 0 Å². The lowest BCUT2D eigenvalue weighted by molar-refractivity contribution is 0.674. The molecule has 4 heteroatoms. The molecule has 0 fully saturated rings. The van der Waals surface area contributed by atoms with Gasteiger partial charge in [-0.05, 0) is 39.3 Å². The van der Waals surface area contributed by atoms with Crippen molar-refractivity contribution >= 4 is 5.82 Å². The van der Waals surface area contributed by atoms with Crippen molar-refractivity contribution in [3.8, 4) is 12.1 Å². The van der Waals surface area contributed by atoms with Gasteiger partial charge in [0, 0.05) is 18.3 Å². The summed E-state index contributed by atoms with van der Waals surface area (Å²) >= 11 is 0. The Morgan fingerprint density at radius 3 is 2.50 bits per heavy atom. The molecule has 18 heavy (non-hydrogen) atoms. The van der Waals surface area contributed by atoms with Crippen molar-refractivity contribution in [1.29, 1.82) is 10.5 Å². The molecule has 94 valence electrons. The molecule has 0 saturated heterocycles. The third-order valence-corrected chi connectivity index (χ3v) is 2.80. The lowest BCUT2D eigenvalue weighted by Crippen LogP contribution is -2.33. The number of hydrogen-bond donors (Lipinski definition) is 0. The van der Waals surface area contributed by atoms with Crippen LogP contribution in [0.2, 0.25) is 0 Å². The normalized spacial score (nSPS) is 9.94. The first-order valence-corrected chi connectivity index (χ1v) is 6.03. The fraction of sp³-hybridized carbons (Fsp3) is 0.500. The molecule has 0 saturated carbocycles. The number of aryl methyl sites for hydroxylation is 2. The van der Waals surface area contributed by atoms with E-state index < -0.39 is 0 Å². The average Bonchev–Trinajstić information content (AvgIpc) is 2.28. The highest BCUT2D eigenvalue weighted by Crippen LogP contribution is 2.23. The van der Waals surface area contributed by atoms with Gasteiger partial charge in [0.15, 0.2) is 0 Å². The third kappa shape index (κ3) is 2.99. The highest BCUT2D eigenvalue weighted by atomic mass is 15.2. The second kappa shape index (κ2) is 6.02. The molecule has 0 N–H and O–H groups in total. The molecule has 1 aromatic heterocycles. The molecular weight excluding hydrogens is 224 g/mol. The molecule has 0 unspecified atom stereocenters. The largest absolute Gasteiger partial charge is 0.352 e.